The van der Waals surface area contributed by atoms with Crippen LogP contribution in [0, 0.1) is 12.8 Å². The highest BCUT2D eigenvalue weighted by Crippen LogP contribution is 2.23. The molecule has 15 heavy (non-hydrogen) atoms. The summed E-state index contributed by atoms with van der Waals surface area (Å²) < 4.78 is 0. The number of hydrogen-bond donors (Lipinski definition) is 3. The summed E-state index contributed by atoms with van der Waals surface area (Å²) in [6.07, 6.45) is 0. The highest BCUT2D eigenvalue weighted by atomic mass is 32.1. The number of nitrogen functional groups attached to an aromatic ring is 1. The van der Waals surface area contributed by atoms with Crippen LogP contribution in [0.4, 0.5) is 5.69 Å². The van der Waals surface area contributed by atoms with Crippen LogP contribution in [0.15, 0.2) is 6.07 Å². The number of amides is 1. The normalized spacial score (nSPS) is 12.5. The van der Waals surface area contributed by atoms with Crippen LogP contribution in [0.2, 0.25) is 0 Å². The number of thiophene rings is 1. The van der Waals surface area contributed by atoms with Gasteiger partial charge in [0, 0.05) is 23.7 Å². The molecule has 1 rings (SSSR count). The molecule has 1 atom stereocenters. The Morgan fingerprint density at radius 1 is 1.73 bits per heavy atom. The van der Waals surface area contributed by atoms with Crippen molar-refractivity contribution in [1.29, 1.82) is 0 Å². The van der Waals surface area contributed by atoms with Crippen LogP contribution in [0.1, 0.15) is 21.5 Å². The molecule has 1 unspecified atom stereocenters. The Balaban J connectivity index is 2.54. The summed E-state index contributed by atoms with van der Waals surface area (Å²) in [5.41, 5.74) is 6.30. The van der Waals surface area contributed by atoms with E-state index in [4.69, 9.17) is 10.8 Å². The average Bonchev–Trinajstić information content (AvgIpc) is 2.55. The van der Waals surface area contributed by atoms with E-state index in [1.165, 1.54) is 11.3 Å². The first-order valence-electron chi connectivity index (χ1n) is 4.79. The zero-order valence-corrected chi connectivity index (χ0v) is 9.73. The molecule has 0 aliphatic rings. The second kappa shape index (κ2) is 5.14. The molecule has 0 spiro atoms. The zero-order valence-electron chi connectivity index (χ0n) is 8.91. The lowest BCUT2D eigenvalue weighted by atomic mass is 10.2. The van der Waals surface area contributed by atoms with Crippen LogP contribution in [-0.4, -0.2) is 24.2 Å². The summed E-state index contributed by atoms with van der Waals surface area (Å²) in [5.74, 6) is -0.0487. The van der Waals surface area contributed by atoms with Crippen LogP contribution in [0.25, 0.3) is 0 Å². The van der Waals surface area contributed by atoms with Gasteiger partial charge in [-0.25, -0.2) is 0 Å². The molecule has 4 nitrogen and oxygen atoms in total. The summed E-state index contributed by atoms with van der Waals surface area (Å²) in [4.78, 5) is 13.2. The molecule has 0 saturated heterocycles. The van der Waals surface area contributed by atoms with Crippen molar-refractivity contribution in [1.82, 2.24) is 5.32 Å². The lowest BCUT2D eigenvalue weighted by Gasteiger charge is -2.08. The predicted octanol–water partition coefficient (Wildman–Crippen LogP) is 0.997. The molecule has 0 radical (unpaired) electrons. The van der Waals surface area contributed by atoms with E-state index in [0.29, 0.717) is 17.1 Å². The third-order valence-electron chi connectivity index (χ3n) is 2.10. The molecule has 4 N–H and O–H groups in total. The van der Waals surface area contributed by atoms with Gasteiger partial charge in [-0.1, -0.05) is 6.92 Å². The van der Waals surface area contributed by atoms with Gasteiger partial charge in [0.05, 0.1) is 4.88 Å². The van der Waals surface area contributed by atoms with Crippen molar-refractivity contribution in [3.63, 3.8) is 0 Å². The molecule has 0 saturated carbocycles. The second-order valence-corrected chi connectivity index (χ2v) is 4.88. The van der Waals surface area contributed by atoms with Crippen LogP contribution in [0.3, 0.4) is 0 Å². The number of carbonyl (C=O) groups excluding carboxylic acids is 1. The number of aliphatic hydroxyl groups excluding tert-OH is 1. The van der Waals surface area contributed by atoms with E-state index in [1.807, 2.05) is 13.8 Å². The Labute approximate surface area is 93.1 Å². The number of nitrogens with two attached hydrogens (primary N) is 1. The van der Waals surface area contributed by atoms with Crippen LogP contribution >= 0.6 is 11.3 Å². The summed E-state index contributed by atoms with van der Waals surface area (Å²) in [5, 5.41) is 11.5. The highest BCUT2D eigenvalue weighted by molar-refractivity contribution is 7.14. The van der Waals surface area contributed by atoms with Crippen LogP contribution in [-0.2, 0) is 0 Å². The second-order valence-electron chi connectivity index (χ2n) is 3.62. The van der Waals surface area contributed by atoms with Gasteiger partial charge in [-0.05, 0) is 18.9 Å². The molecule has 0 aromatic carbocycles. The molecule has 1 heterocycles. The molecule has 1 aromatic heterocycles. The molecule has 1 aromatic rings. The molecule has 84 valence electrons. The number of nitrogens with one attached hydrogen (secondary N) is 1. The van der Waals surface area contributed by atoms with Gasteiger partial charge in [0.2, 0.25) is 0 Å². The minimum absolute atomic E-state index is 0.0753. The van der Waals surface area contributed by atoms with E-state index >= 15 is 0 Å². The Kier molecular flexibility index (Phi) is 4.11. The Morgan fingerprint density at radius 2 is 2.40 bits per heavy atom. The fourth-order valence-corrected chi connectivity index (χ4v) is 1.88. The van der Waals surface area contributed by atoms with Crippen molar-refractivity contribution in [3.8, 4) is 0 Å². The lowest BCUT2D eigenvalue weighted by molar-refractivity contribution is 0.0946. The SMILES string of the molecule is Cc1sc(C(=O)NCC(C)CO)cc1N. The van der Waals surface area contributed by atoms with Gasteiger partial charge < -0.3 is 16.2 Å². The van der Waals surface area contributed by atoms with Crippen molar-refractivity contribution in [2.75, 3.05) is 18.9 Å². The molecule has 0 aliphatic heterocycles. The van der Waals surface area contributed by atoms with Crippen molar-refractivity contribution >= 4 is 22.9 Å². The summed E-state index contributed by atoms with van der Waals surface area (Å²) in [7, 11) is 0. The standard InChI is InChI=1S/C10H16N2O2S/c1-6(5-13)4-12-10(14)9-3-8(11)7(2)15-9/h3,6,13H,4-5,11H2,1-2H3,(H,12,14). The Hall–Kier alpha value is -1.07. The summed E-state index contributed by atoms with van der Waals surface area (Å²) in [6.45, 7) is 4.31. The number of anilines is 1. The van der Waals surface area contributed by atoms with Crippen molar-refractivity contribution in [2.45, 2.75) is 13.8 Å². The van der Waals surface area contributed by atoms with Crippen LogP contribution in [0.5, 0.6) is 0 Å². The van der Waals surface area contributed by atoms with E-state index in [0.717, 1.165) is 4.88 Å². The minimum Gasteiger partial charge on any atom is -0.398 e. The lowest BCUT2D eigenvalue weighted by Crippen LogP contribution is -2.28. The third-order valence-corrected chi connectivity index (χ3v) is 3.17. The minimum atomic E-state index is -0.125. The Morgan fingerprint density at radius 3 is 2.87 bits per heavy atom. The van der Waals surface area contributed by atoms with Crippen molar-refractivity contribution in [2.24, 2.45) is 5.92 Å². The van der Waals surface area contributed by atoms with E-state index < -0.39 is 0 Å². The monoisotopic (exact) mass is 228 g/mol. The van der Waals surface area contributed by atoms with Gasteiger partial charge >= 0.3 is 0 Å². The molecule has 0 bridgehead atoms. The van der Waals surface area contributed by atoms with E-state index in [-0.39, 0.29) is 18.4 Å². The van der Waals surface area contributed by atoms with Gasteiger partial charge in [-0.3, -0.25) is 4.79 Å². The van der Waals surface area contributed by atoms with E-state index in [2.05, 4.69) is 5.32 Å². The van der Waals surface area contributed by atoms with E-state index in [9.17, 15) is 4.79 Å². The maximum Gasteiger partial charge on any atom is 0.261 e. The number of carbonyl (C=O) groups is 1. The molecule has 0 aliphatic carbocycles. The van der Waals surface area contributed by atoms with Crippen molar-refractivity contribution < 1.29 is 9.90 Å². The molecule has 0 fully saturated rings. The van der Waals surface area contributed by atoms with Gasteiger partial charge in [-0.15, -0.1) is 11.3 Å². The Bertz CT molecular complexity index is 330. The number of hydrogen-bond acceptors (Lipinski definition) is 4. The topological polar surface area (TPSA) is 75.3 Å². The first kappa shape index (κ1) is 12.0. The van der Waals surface area contributed by atoms with Gasteiger partial charge in [0.15, 0.2) is 0 Å². The summed E-state index contributed by atoms with van der Waals surface area (Å²) >= 11 is 1.38. The fourth-order valence-electron chi connectivity index (χ4n) is 1.03. The first-order valence-corrected chi connectivity index (χ1v) is 5.61. The number of rotatable bonds is 4. The van der Waals surface area contributed by atoms with Crippen LogP contribution < -0.4 is 11.1 Å². The highest BCUT2D eigenvalue weighted by Gasteiger charge is 2.11. The fraction of sp³-hybridized carbons (Fsp3) is 0.500. The zero-order chi connectivity index (χ0) is 11.4. The van der Waals surface area contributed by atoms with E-state index in [1.54, 1.807) is 6.07 Å². The first-order chi connectivity index (χ1) is 7.04. The third kappa shape index (κ3) is 3.21. The maximum absolute atomic E-state index is 11.6. The van der Waals surface area contributed by atoms with Gasteiger partial charge in [0.1, 0.15) is 0 Å². The molecular formula is C10H16N2O2S. The molecule has 1 amide bonds. The summed E-state index contributed by atoms with van der Waals surface area (Å²) in [6, 6.07) is 1.68. The van der Waals surface area contributed by atoms with Gasteiger partial charge in [0.25, 0.3) is 5.91 Å². The number of aliphatic hydroxyl groups is 1. The van der Waals surface area contributed by atoms with Gasteiger partial charge in [-0.2, -0.15) is 0 Å². The average molecular weight is 228 g/mol. The smallest absolute Gasteiger partial charge is 0.261 e. The largest absolute Gasteiger partial charge is 0.398 e. The maximum atomic E-state index is 11.6. The number of aryl methyl sites for hydroxylation is 1. The molecular weight excluding hydrogens is 212 g/mol. The predicted molar refractivity (Wildman–Crippen MR) is 62.1 cm³/mol. The molecule has 5 heteroatoms. The quantitative estimate of drug-likeness (QED) is 0.719. The van der Waals surface area contributed by atoms with Crippen molar-refractivity contribution in [3.05, 3.63) is 15.8 Å².